The fourth-order valence-corrected chi connectivity index (χ4v) is 0.326. The van der Waals surface area contributed by atoms with Gasteiger partial charge in [-0.05, 0) is 6.92 Å². The Morgan fingerprint density at radius 1 is 2.00 bits per heavy atom. The van der Waals surface area contributed by atoms with Crippen molar-refractivity contribution in [1.82, 2.24) is 0 Å². The number of hydrogen-bond acceptors (Lipinski definition) is 3. The average Bonchev–Trinajstić information content (AvgIpc) is 1.63. The molecule has 4 nitrogen and oxygen atoms in total. The molecule has 0 heterocycles. The van der Waals surface area contributed by atoms with Gasteiger partial charge in [-0.1, -0.05) is 12.7 Å². The molecule has 0 aromatic heterocycles. The van der Waals surface area contributed by atoms with Gasteiger partial charge >= 0.3 is 0 Å². The molecule has 4 heteroatoms. The van der Waals surface area contributed by atoms with Crippen molar-refractivity contribution < 1.29 is 10.0 Å². The predicted octanol–water partition coefficient (Wildman–Crippen LogP) is 0.200. The summed E-state index contributed by atoms with van der Waals surface area (Å²) in [5.74, 6) is 0. The summed E-state index contributed by atoms with van der Waals surface area (Å²) in [4.78, 5) is 9.19. The van der Waals surface area contributed by atoms with Crippen LogP contribution in [0, 0.1) is 10.1 Å². The zero-order chi connectivity index (χ0) is 7.49. The summed E-state index contributed by atoms with van der Waals surface area (Å²) in [5.41, 5.74) is -1.37. The van der Waals surface area contributed by atoms with Gasteiger partial charge in [-0.2, -0.15) is 0 Å². The smallest absolute Gasteiger partial charge is 0.235 e. The Kier molecular flexibility index (Phi) is 2.33. The lowest BCUT2D eigenvalue weighted by Crippen LogP contribution is -2.30. The van der Waals surface area contributed by atoms with E-state index in [1.165, 1.54) is 6.92 Å². The van der Waals surface area contributed by atoms with Crippen LogP contribution in [0.5, 0.6) is 0 Å². The van der Waals surface area contributed by atoms with E-state index < -0.39 is 17.1 Å². The molecule has 0 aliphatic carbocycles. The van der Waals surface area contributed by atoms with E-state index in [-0.39, 0.29) is 0 Å². The Hall–Kier alpha value is -0.900. The summed E-state index contributed by atoms with van der Waals surface area (Å²) in [6, 6.07) is 0. The Balaban J connectivity index is 3.86. The highest BCUT2D eigenvalue weighted by Crippen LogP contribution is 2.02. The molecule has 0 aromatic carbocycles. The van der Waals surface area contributed by atoms with Crippen LogP contribution < -0.4 is 0 Å². The first-order valence-corrected chi connectivity index (χ1v) is 2.46. The highest BCUT2D eigenvalue weighted by Gasteiger charge is 2.21. The fraction of sp³-hybridized carbons (Fsp3) is 0.600. The second-order valence-corrected chi connectivity index (χ2v) is 2.05. The van der Waals surface area contributed by atoms with Crippen molar-refractivity contribution in [3.05, 3.63) is 22.8 Å². The van der Waals surface area contributed by atoms with Gasteiger partial charge in [-0.25, -0.2) is 0 Å². The molecule has 1 unspecified atom stereocenters. The summed E-state index contributed by atoms with van der Waals surface area (Å²) in [6.45, 7) is 4.08. The summed E-state index contributed by atoms with van der Waals surface area (Å²) < 4.78 is 0. The van der Waals surface area contributed by atoms with E-state index in [4.69, 9.17) is 5.11 Å². The van der Waals surface area contributed by atoms with Crippen LogP contribution in [0.4, 0.5) is 0 Å². The van der Waals surface area contributed by atoms with Crippen molar-refractivity contribution >= 4 is 0 Å². The first-order valence-electron chi connectivity index (χ1n) is 2.46. The molecule has 0 saturated carbocycles. The largest absolute Gasteiger partial charge is 0.379 e. The second kappa shape index (κ2) is 2.59. The van der Waals surface area contributed by atoms with Crippen LogP contribution in [0.1, 0.15) is 6.92 Å². The van der Waals surface area contributed by atoms with Crippen LogP contribution >= 0.6 is 0 Å². The highest BCUT2D eigenvalue weighted by molar-refractivity contribution is 4.90. The minimum Gasteiger partial charge on any atom is -0.379 e. The molecule has 0 radical (unpaired) electrons. The molecule has 0 aliphatic heterocycles. The van der Waals surface area contributed by atoms with Crippen LogP contribution in [-0.2, 0) is 0 Å². The predicted molar refractivity (Wildman–Crippen MR) is 32.7 cm³/mol. The zero-order valence-electron chi connectivity index (χ0n) is 5.20. The molecule has 0 amide bonds. The van der Waals surface area contributed by atoms with E-state index in [9.17, 15) is 10.1 Å². The number of hydrogen-bond donors (Lipinski definition) is 1. The van der Waals surface area contributed by atoms with E-state index in [0.717, 1.165) is 6.08 Å². The quantitative estimate of drug-likeness (QED) is 0.338. The van der Waals surface area contributed by atoms with Crippen molar-refractivity contribution in [2.45, 2.75) is 12.5 Å². The maximum Gasteiger partial charge on any atom is 0.235 e. The molecule has 52 valence electrons. The van der Waals surface area contributed by atoms with E-state index in [1.54, 1.807) is 0 Å². The molecular formula is C5H9NO3. The molecule has 0 spiro atoms. The van der Waals surface area contributed by atoms with Gasteiger partial charge in [0.25, 0.3) is 0 Å². The van der Waals surface area contributed by atoms with Gasteiger partial charge < -0.3 is 5.11 Å². The summed E-state index contributed by atoms with van der Waals surface area (Å²) >= 11 is 0. The molecule has 0 aliphatic rings. The maximum atomic E-state index is 9.77. The van der Waals surface area contributed by atoms with Crippen molar-refractivity contribution in [3.63, 3.8) is 0 Å². The van der Waals surface area contributed by atoms with Crippen LogP contribution in [0.15, 0.2) is 12.7 Å². The Morgan fingerprint density at radius 2 is 2.44 bits per heavy atom. The van der Waals surface area contributed by atoms with E-state index in [2.05, 4.69) is 6.58 Å². The van der Waals surface area contributed by atoms with E-state index in [0.29, 0.717) is 0 Å². The summed E-state index contributed by atoms with van der Waals surface area (Å²) in [7, 11) is 0. The highest BCUT2D eigenvalue weighted by atomic mass is 16.6. The normalized spacial score (nSPS) is 16.2. The minimum atomic E-state index is -1.37. The lowest BCUT2D eigenvalue weighted by atomic mass is 10.1. The van der Waals surface area contributed by atoms with Gasteiger partial charge in [0, 0.05) is 4.92 Å². The Morgan fingerprint density at radius 3 is 2.56 bits per heavy atom. The van der Waals surface area contributed by atoms with Crippen LogP contribution in [0.2, 0.25) is 0 Å². The van der Waals surface area contributed by atoms with Gasteiger partial charge in [-0.15, -0.1) is 0 Å². The first-order chi connectivity index (χ1) is 3.98. The van der Waals surface area contributed by atoms with Crippen LogP contribution in [0.25, 0.3) is 0 Å². The van der Waals surface area contributed by atoms with Gasteiger partial charge in [0.15, 0.2) is 0 Å². The van der Waals surface area contributed by atoms with Gasteiger partial charge in [0.2, 0.25) is 6.54 Å². The van der Waals surface area contributed by atoms with Crippen molar-refractivity contribution in [2.75, 3.05) is 6.54 Å². The monoisotopic (exact) mass is 131 g/mol. The van der Waals surface area contributed by atoms with Gasteiger partial charge in [0.1, 0.15) is 5.60 Å². The van der Waals surface area contributed by atoms with E-state index >= 15 is 0 Å². The number of nitrogens with zero attached hydrogens (tertiary/aromatic N) is 1. The standard InChI is InChI=1S/C5H9NO3/c1-3-5(2,7)4-6(8)9/h3,7H,1,4H2,2H3. The SMILES string of the molecule is C=CC(C)(O)C[N+](=O)[O-]. The lowest BCUT2D eigenvalue weighted by molar-refractivity contribution is -0.496. The number of aliphatic hydroxyl groups is 1. The second-order valence-electron chi connectivity index (χ2n) is 2.05. The third kappa shape index (κ3) is 3.66. The third-order valence-electron chi connectivity index (χ3n) is 0.889. The fourth-order valence-electron chi connectivity index (χ4n) is 0.326. The molecule has 0 aromatic rings. The van der Waals surface area contributed by atoms with Crippen molar-refractivity contribution in [2.24, 2.45) is 0 Å². The van der Waals surface area contributed by atoms with Crippen LogP contribution in [0.3, 0.4) is 0 Å². The minimum absolute atomic E-state index is 0.490. The maximum absolute atomic E-state index is 9.77. The zero-order valence-corrected chi connectivity index (χ0v) is 5.20. The van der Waals surface area contributed by atoms with Crippen molar-refractivity contribution in [3.8, 4) is 0 Å². The molecule has 0 fully saturated rings. The third-order valence-corrected chi connectivity index (χ3v) is 0.889. The van der Waals surface area contributed by atoms with Crippen LogP contribution in [-0.4, -0.2) is 22.2 Å². The molecule has 0 bridgehead atoms. The topological polar surface area (TPSA) is 63.4 Å². The summed E-state index contributed by atoms with van der Waals surface area (Å²) in [5, 5.41) is 18.7. The molecule has 1 atom stereocenters. The molecule has 0 saturated heterocycles. The molecule has 9 heavy (non-hydrogen) atoms. The molecule has 0 rings (SSSR count). The molecule has 1 N–H and O–H groups in total. The first kappa shape index (κ1) is 8.10. The van der Waals surface area contributed by atoms with E-state index in [1.807, 2.05) is 0 Å². The Bertz CT molecular complexity index is 130. The van der Waals surface area contributed by atoms with Gasteiger partial charge in [-0.3, -0.25) is 10.1 Å². The number of rotatable bonds is 3. The Labute approximate surface area is 53.0 Å². The lowest BCUT2D eigenvalue weighted by Gasteiger charge is -2.10. The summed E-state index contributed by atoms with van der Waals surface area (Å²) in [6.07, 6.45) is 1.15. The average molecular weight is 131 g/mol. The number of nitro groups is 1. The van der Waals surface area contributed by atoms with Crippen molar-refractivity contribution in [1.29, 1.82) is 0 Å². The molecular weight excluding hydrogens is 122 g/mol. The van der Waals surface area contributed by atoms with Gasteiger partial charge in [0.05, 0.1) is 0 Å².